The minimum absolute atomic E-state index is 0.0539. The Labute approximate surface area is 136 Å². The van der Waals surface area contributed by atoms with Crippen molar-refractivity contribution in [2.75, 3.05) is 7.11 Å². The Morgan fingerprint density at radius 1 is 1.17 bits per heavy atom. The zero-order chi connectivity index (χ0) is 17.9. The third-order valence-corrected chi connectivity index (χ3v) is 3.54. The number of aliphatic hydroxyl groups excluding tert-OH is 2. The average molecular weight is 340 g/mol. The maximum absolute atomic E-state index is 12.5. The van der Waals surface area contributed by atoms with Crippen molar-refractivity contribution in [2.45, 2.75) is 18.9 Å². The summed E-state index contributed by atoms with van der Waals surface area (Å²) < 4.78 is 42.7. The second-order valence-corrected chi connectivity index (χ2v) is 5.07. The number of hydrogen-bond donors (Lipinski definition) is 2. The van der Waals surface area contributed by atoms with E-state index in [0.717, 1.165) is 24.3 Å². The summed E-state index contributed by atoms with van der Waals surface area (Å²) in [5.74, 6) is -0.402. The number of benzene rings is 2. The van der Waals surface area contributed by atoms with Crippen LogP contribution in [-0.4, -0.2) is 23.1 Å². The van der Waals surface area contributed by atoms with Crippen molar-refractivity contribution in [1.29, 1.82) is 0 Å². The summed E-state index contributed by atoms with van der Waals surface area (Å²) in [6, 6.07) is 7.98. The molecule has 0 aliphatic heterocycles. The molecular weight excluding hydrogens is 325 g/mol. The molecule has 0 saturated carbocycles. The largest absolute Gasteiger partial charge is 0.496 e. The van der Waals surface area contributed by atoms with Crippen LogP contribution < -0.4 is 4.74 Å². The van der Waals surface area contributed by atoms with E-state index in [-0.39, 0.29) is 23.5 Å². The van der Waals surface area contributed by atoms with E-state index in [9.17, 15) is 23.1 Å². The number of methoxy groups -OCH3 is 1. The van der Waals surface area contributed by atoms with E-state index in [1.54, 1.807) is 0 Å². The molecule has 0 amide bonds. The van der Waals surface area contributed by atoms with Crippen LogP contribution in [0.25, 0.3) is 0 Å². The summed E-state index contributed by atoms with van der Waals surface area (Å²) in [6.07, 6.45) is -6.09. The molecule has 0 fully saturated rings. The Bertz CT molecular complexity index is 724. The average Bonchev–Trinajstić information content (AvgIpc) is 2.59. The summed E-state index contributed by atoms with van der Waals surface area (Å²) in [7, 11) is 1.37. The normalized spacial score (nSPS) is 12.8. The molecule has 1 atom stereocenters. The first-order valence-electron chi connectivity index (χ1n) is 6.95. The van der Waals surface area contributed by atoms with E-state index >= 15 is 0 Å². The number of carbonyl (C=O) groups excluding carboxylic acids is 1. The number of alkyl halides is 3. The molecule has 0 aliphatic rings. The van der Waals surface area contributed by atoms with Gasteiger partial charge in [-0.3, -0.25) is 4.79 Å². The zero-order valence-corrected chi connectivity index (χ0v) is 12.7. The molecule has 4 nitrogen and oxygen atoms in total. The van der Waals surface area contributed by atoms with Gasteiger partial charge in [-0.25, -0.2) is 0 Å². The van der Waals surface area contributed by atoms with Crippen LogP contribution in [-0.2, 0) is 12.8 Å². The maximum Gasteiger partial charge on any atom is 0.416 e. The van der Waals surface area contributed by atoms with Crippen LogP contribution in [0.4, 0.5) is 13.2 Å². The molecule has 7 heteroatoms. The van der Waals surface area contributed by atoms with Crippen LogP contribution >= 0.6 is 0 Å². The second-order valence-electron chi connectivity index (χ2n) is 5.07. The van der Waals surface area contributed by atoms with Gasteiger partial charge in [-0.05, 0) is 23.8 Å². The van der Waals surface area contributed by atoms with E-state index in [4.69, 9.17) is 9.84 Å². The van der Waals surface area contributed by atoms with Gasteiger partial charge < -0.3 is 14.9 Å². The van der Waals surface area contributed by atoms with E-state index < -0.39 is 23.6 Å². The SMILES string of the molecule is COc1cc(C(=O)C(O)c2ccc(C(F)(F)F)cc2)ccc1CO. The minimum Gasteiger partial charge on any atom is -0.496 e. The molecule has 0 saturated heterocycles. The van der Waals surface area contributed by atoms with Crippen molar-refractivity contribution in [3.63, 3.8) is 0 Å². The first-order chi connectivity index (χ1) is 11.3. The summed E-state index contributed by atoms with van der Waals surface area (Å²) in [6.45, 7) is -0.279. The molecule has 2 rings (SSSR count). The maximum atomic E-state index is 12.5. The molecule has 2 N–H and O–H groups in total. The molecule has 24 heavy (non-hydrogen) atoms. The molecule has 0 spiro atoms. The predicted octanol–water partition coefficient (Wildman–Crippen LogP) is 3.12. The van der Waals surface area contributed by atoms with E-state index in [1.807, 2.05) is 0 Å². The van der Waals surface area contributed by atoms with Crippen molar-refractivity contribution in [3.05, 3.63) is 64.7 Å². The lowest BCUT2D eigenvalue weighted by Crippen LogP contribution is -2.13. The van der Waals surface area contributed by atoms with Crippen LogP contribution in [0.1, 0.15) is 33.2 Å². The summed E-state index contributed by atoms with van der Waals surface area (Å²) >= 11 is 0. The van der Waals surface area contributed by atoms with Gasteiger partial charge >= 0.3 is 6.18 Å². The van der Waals surface area contributed by atoms with Crippen molar-refractivity contribution in [3.8, 4) is 5.75 Å². The number of rotatable bonds is 5. The fraction of sp³-hybridized carbons (Fsp3) is 0.235. The van der Waals surface area contributed by atoms with Crippen LogP contribution in [0.5, 0.6) is 5.75 Å². The van der Waals surface area contributed by atoms with Gasteiger partial charge in [0.05, 0.1) is 19.3 Å². The highest BCUT2D eigenvalue weighted by Crippen LogP contribution is 2.30. The van der Waals surface area contributed by atoms with E-state index in [1.165, 1.54) is 25.3 Å². The molecular formula is C17H15F3O4. The van der Waals surface area contributed by atoms with Crippen molar-refractivity contribution in [1.82, 2.24) is 0 Å². The molecule has 0 radical (unpaired) electrons. The van der Waals surface area contributed by atoms with Gasteiger partial charge in [-0.1, -0.05) is 24.3 Å². The monoisotopic (exact) mass is 340 g/mol. The fourth-order valence-electron chi connectivity index (χ4n) is 2.19. The Balaban J connectivity index is 2.26. The highest BCUT2D eigenvalue weighted by atomic mass is 19.4. The molecule has 0 heterocycles. The molecule has 1 unspecified atom stereocenters. The Morgan fingerprint density at radius 3 is 2.29 bits per heavy atom. The zero-order valence-electron chi connectivity index (χ0n) is 12.7. The topological polar surface area (TPSA) is 66.8 Å². The first-order valence-corrected chi connectivity index (χ1v) is 6.95. The highest BCUT2D eigenvalue weighted by molar-refractivity contribution is 6.00. The van der Waals surface area contributed by atoms with E-state index in [2.05, 4.69) is 0 Å². The lowest BCUT2D eigenvalue weighted by Gasteiger charge is -2.13. The summed E-state index contributed by atoms with van der Waals surface area (Å²) in [5, 5.41) is 19.3. The molecule has 0 aromatic heterocycles. The first kappa shape index (κ1) is 18.0. The lowest BCUT2D eigenvalue weighted by atomic mass is 9.98. The standard InChI is InChI=1S/C17H15F3O4/c1-24-14-8-11(2-3-12(14)9-21)16(23)15(22)10-4-6-13(7-5-10)17(18,19)20/h2-8,15,21-22H,9H2,1H3. The Kier molecular flexibility index (Phi) is 5.26. The second kappa shape index (κ2) is 7.02. The lowest BCUT2D eigenvalue weighted by molar-refractivity contribution is -0.137. The van der Waals surface area contributed by atoms with Gasteiger partial charge in [0.2, 0.25) is 0 Å². The van der Waals surface area contributed by atoms with E-state index in [0.29, 0.717) is 5.56 Å². The Hall–Kier alpha value is -2.38. The number of hydrogen-bond acceptors (Lipinski definition) is 4. The van der Waals surface area contributed by atoms with Gasteiger partial charge in [0.1, 0.15) is 11.9 Å². The van der Waals surface area contributed by atoms with Gasteiger partial charge in [0, 0.05) is 11.1 Å². The van der Waals surface area contributed by atoms with Crippen molar-refractivity contribution >= 4 is 5.78 Å². The van der Waals surface area contributed by atoms with Crippen LogP contribution in [0.15, 0.2) is 42.5 Å². The fourth-order valence-corrected chi connectivity index (χ4v) is 2.19. The quantitative estimate of drug-likeness (QED) is 0.821. The van der Waals surface area contributed by atoms with Crippen LogP contribution in [0.3, 0.4) is 0 Å². The number of carbonyl (C=O) groups is 1. The molecule has 128 valence electrons. The number of ether oxygens (including phenoxy) is 1. The highest BCUT2D eigenvalue weighted by Gasteiger charge is 2.30. The molecule has 2 aromatic carbocycles. The van der Waals surface area contributed by atoms with Crippen molar-refractivity contribution in [2.24, 2.45) is 0 Å². The number of halogens is 3. The third-order valence-electron chi connectivity index (χ3n) is 3.54. The minimum atomic E-state index is -4.49. The molecule has 2 aromatic rings. The van der Waals surface area contributed by atoms with Gasteiger partial charge in [-0.15, -0.1) is 0 Å². The summed E-state index contributed by atoms with van der Waals surface area (Å²) in [4.78, 5) is 12.3. The number of ketones is 1. The number of aliphatic hydroxyl groups is 2. The number of Topliss-reactive ketones (excluding diaryl/α,β-unsaturated/α-hetero) is 1. The van der Waals surface area contributed by atoms with Crippen LogP contribution in [0.2, 0.25) is 0 Å². The third kappa shape index (κ3) is 3.74. The predicted molar refractivity (Wildman–Crippen MR) is 79.7 cm³/mol. The summed E-state index contributed by atoms with van der Waals surface area (Å²) in [5.41, 5.74) is -0.215. The van der Waals surface area contributed by atoms with Gasteiger partial charge in [0.25, 0.3) is 0 Å². The smallest absolute Gasteiger partial charge is 0.416 e. The van der Waals surface area contributed by atoms with Crippen LogP contribution in [0, 0.1) is 0 Å². The van der Waals surface area contributed by atoms with Gasteiger partial charge in [0.15, 0.2) is 5.78 Å². The molecule has 0 aliphatic carbocycles. The van der Waals surface area contributed by atoms with Gasteiger partial charge in [-0.2, -0.15) is 13.2 Å². The Morgan fingerprint density at radius 2 is 1.79 bits per heavy atom. The van der Waals surface area contributed by atoms with Crippen molar-refractivity contribution < 1.29 is 32.9 Å². The molecule has 0 bridgehead atoms.